The third-order valence-electron chi connectivity index (χ3n) is 6.10. The lowest BCUT2D eigenvalue weighted by atomic mass is 10.1. The molecule has 3 aromatic carbocycles. The van der Waals surface area contributed by atoms with Gasteiger partial charge in [-0.3, -0.25) is 0 Å². The molecule has 6 rings (SSSR count). The minimum atomic E-state index is -0.637. The van der Waals surface area contributed by atoms with Crippen LogP contribution in [0.4, 0.5) is 9.18 Å². The maximum Gasteiger partial charge on any atom is 0.412 e. The molecule has 0 unspecified atom stereocenters. The highest BCUT2D eigenvalue weighted by Crippen LogP contribution is 2.43. The number of nitrogens with one attached hydrogen (secondary N) is 1. The summed E-state index contributed by atoms with van der Waals surface area (Å²) in [7, 11) is 1.54. The van der Waals surface area contributed by atoms with Crippen molar-refractivity contribution in [3.8, 4) is 28.0 Å². The van der Waals surface area contributed by atoms with Gasteiger partial charge in [-0.15, -0.1) is 11.3 Å². The highest BCUT2D eigenvalue weighted by atomic mass is 35.5. The Balaban J connectivity index is 1.25. The smallest absolute Gasteiger partial charge is 0.412 e. The fourth-order valence-electron chi connectivity index (χ4n) is 4.41. The quantitative estimate of drug-likeness (QED) is 0.282. The number of ether oxygens (including phenoxy) is 3. The number of methoxy groups -OCH3 is 1. The SMILES string of the molecule is COc1cnc2c(-c3nc4cc(F)c5c(c4s3)C[C@@H](CNC(=O)Oc3ccc(Cl)cc3)O5)cc(C)cc2n1. The van der Waals surface area contributed by atoms with Crippen molar-refractivity contribution in [3.63, 3.8) is 0 Å². The topological polar surface area (TPSA) is 95.5 Å². The summed E-state index contributed by atoms with van der Waals surface area (Å²) in [5.41, 5.74) is 4.45. The van der Waals surface area contributed by atoms with Gasteiger partial charge in [0.1, 0.15) is 16.9 Å². The van der Waals surface area contributed by atoms with Gasteiger partial charge in [0, 0.05) is 28.6 Å². The second kappa shape index (κ2) is 9.70. The van der Waals surface area contributed by atoms with Gasteiger partial charge < -0.3 is 19.5 Å². The monoisotopic (exact) mass is 550 g/mol. The maximum absolute atomic E-state index is 15.0. The molecule has 1 aliphatic heterocycles. The number of halogens is 2. The van der Waals surface area contributed by atoms with Gasteiger partial charge in [-0.25, -0.2) is 24.1 Å². The average molecular weight is 551 g/mol. The zero-order valence-electron chi connectivity index (χ0n) is 20.2. The Kier molecular flexibility index (Phi) is 6.21. The standard InChI is InChI=1S/C27H20ClFN4O4S/c1-13-7-17(23-20(8-13)32-22(35-2)12-30-23)26-33-21-10-19(29)24-18(25(21)38-26)9-16(36-24)11-31-27(34)37-15-5-3-14(28)4-6-15/h3-8,10,12,16H,9,11H2,1-2H3,(H,31,34)/t16-/m0/s1. The van der Waals surface area contributed by atoms with Gasteiger partial charge in [0.15, 0.2) is 11.6 Å². The van der Waals surface area contributed by atoms with Crippen molar-refractivity contribution in [2.45, 2.75) is 19.4 Å². The van der Waals surface area contributed by atoms with Crippen molar-refractivity contribution in [1.29, 1.82) is 0 Å². The number of nitrogens with zero attached hydrogens (tertiary/aromatic N) is 3. The third-order valence-corrected chi connectivity index (χ3v) is 7.52. The minimum Gasteiger partial charge on any atom is -0.485 e. The summed E-state index contributed by atoms with van der Waals surface area (Å²) in [6.07, 6.45) is 0.890. The summed E-state index contributed by atoms with van der Waals surface area (Å²) in [6.45, 7) is 2.12. The number of thiazole rings is 1. The first-order valence-electron chi connectivity index (χ1n) is 11.7. The van der Waals surface area contributed by atoms with Crippen molar-refractivity contribution in [2.75, 3.05) is 13.7 Å². The van der Waals surface area contributed by atoms with Crippen molar-refractivity contribution in [1.82, 2.24) is 20.3 Å². The molecule has 0 fully saturated rings. The first kappa shape index (κ1) is 24.3. The minimum absolute atomic E-state index is 0.146. The molecule has 11 heteroatoms. The van der Waals surface area contributed by atoms with Crippen LogP contribution in [0, 0.1) is 12.7 Å². The largest absolute Gasteiger partial charge is 0.485 e. The number of aryl methyl sites for hydroxylation is 1. The molecule has 8 nitrogen and oxygen atoms in total. The summed E-state index contributed by atoms with van der Waals surface area (Å²) < 4.78 is 32.2. The molecule has 0 saturated carbocycles. The zero-order valence-corrected chi connectivity index (χ0v) is 21.8. The van der Waals surface area contributed by atoms with Crippen LogP contribution in [0.1, 0.15) is 11.1 Å². The van der Waals surface area contributed by atoms with Gasteiger partial charge in [0.25, 0.3) is 0 Å². The predicted octanol–water partition coefficient (Wildman–Crippen LogP) is 6.11. The zero-order chi connectivity index (χ0) is 26.4. The Morgan fingerprint density at radius 2 is 2.03 bits per heavy atom. The lowest BCUT2D eigenvalue weighted by Crippen LogP contribution is -2.36. The van der Waals surface area contributed by atoms with E-state index in [2.05, 4.69) is 15.3 Å². The van der Waals surface area contributed by atoms with Crippen LogP contribution in [-0.2, 0) is 6.42 Å². The van der Waals surface area contributed by atoms with E-state index in [0.717, 1.165) is 21.4 Å². The number of benzene rings is 3. The van der Waals surface area contributed by atoms with Crippen molar-refractivity contribution in [2.24, 2.45) is 0 Å². The molecule has 38 heavy (non-hydrogen) atoms. The molecule has 1 atom stereocenters. The van der Waals surface area contributed by atoms with E-state index in [9.17, 15) is 4.79 Å². The van der Waals surface area contributed by atoms with E-state index >= 15 is 4.39 Å². The van der Waals surface area contributed by atoms with Crippen LogP contribution in [0.25, 0.3) is 31.8 Å². The Hall–Kier alpha value is -4.02. The molecule has 5 aromatic rings. The van der Waals surface area contributed by atoms with E-state index in [1.54, 1.807) is 37.6 Å². The van der Waals surface area contributed by atoms with Crippen LogP contribution in [0.2, 0.25) is 5.02 Å². The summed E-state index contributed by atoms with van der Waals surface area (Å²) >= 11 is 7.30. The average Bonchev–Trinajstić information content (AvgIpc) is 3.53. The number of carbonyl (C=O) groups is 1. The van der Waals surface area contributed by atoms with Gasteiger partial charge in [-0.2, -0.15) is 0 Å². The fourth-order valence-corrected chi connectivity index (χ4v) is 5.65. The van der Waals surface area contributed by atoms with Gasteiger partial charge in [0.05, 0.1) is 41.1 Å². The molecular weight excluding hydrogens is 531 g/mol. The summed E-state index contributed by atoms with van der Waals surface area (Å²) in [6, 6.07) is 11.7. The van der Waals surface area contributed by atoms with Gasteiger partial charge in [0.2, 0.25) is 5.88 Å². The molecular formula is C27H20ClFN4O4S. The van der Waals surface area contributed by atoms with Gasteiger partial charge in [-0.1, -0.05) is 11.6 Å². The molecule has 0 radical (unpaired) electrons. The molecule has 192 valence electrons. The van der Waals surface area contributed by atoms with Gasteiger partial charge >= 0.3 is 6.09 Å². The summed E-state index contributed by atoms with van der Waals surface area (Å²) in [5, 5.41) is 3.92. The maximum atomic E-state index is 15.0. The van der Waals surface area contributed by atoms with Crippen LogP contribution in [0.15, 0.2) is 48.7 Å². The van der Waals surface area contributed by atoms with Crippen molar-refractivity contribution < 1.29 is 23.4 Å². The Morgan fingerprint density at radius 1 is 1.21 bits per heavy atom. The number of hydrogen-bond donors (Lipinski definition) is 1. The molecule has 3 heterocycles. The first-order valence-corrected chi connectivity index (χ1v) is 12.9. The second-order valence-corrected chi connectivity index (χ2v) is 10.2. The molecule has 0 bridgehead atoms. The van der Waals surface area contributed by atoms with E-state index in [1.165, 1.54) is 17.4 Å². The lowest BCUT2D eigenvalue weighted by Gasteiger charge is -2.12. The molecule has 0 spiro atoms. The normalized spacial score (nSPS) is 14.4. The Morgan fingerprint density at radius 3 is 2.82 bits per heavy atom. The number of carbonyl (C=O) groups excluding carboxylic acids is 1. The number of amides is 1. The fraction of sp³-hybridized carbons (Fsp3) is 0.185. The summed E-state index contributed by atoms with van der Waals surface area (Å²) in [5.74, 6) is 0.477. The molecule has 2 aromatic heterocycles. The van der Waals surface area contributed by atoms with E-state index in [1.807, 2.05) is 19.1 Å². The lowest BCUT2D eigenvalue weighted by molar-refractivity contribution is 0.184. The molecule has 1 amide bonds. The number of aromatic nitrogens is 3. The summed E-state index contributed by atoms with van der Waals surface area (Å²) in [4.78, 5) is 26.0. The Bertz CT molecular complexity index is 1710. The van der Waals surface area contributed by atoms with Crippen molar-refractivity contribution in [3.05, 3.63) is 70.6 Å². The van der Waals surface area contributed by atoms with Crippen LogP contribution in [-0.4, -0.2) is 40.8 Å². The van der Waals surface area contributed by atoms with E-state index in [4.69, 9.17) is 30.8 Å². The Labute approximate surface area is 225 Å². The second-order valence-electron chi connectivity index (χ2n) is 8.79. The predicted molar refractivity (Wildman–Crippen MR) is 143 cm³/mol. The van der Waals surface area contributed by atoms with Crippen LogP contribution in [0.5, 0.6) is 17.4 Å². The van der Waals surface area contributed by atoms with E-state index in [0.29, 0.717) is 44.6 Å². The molecule has 0 aliphatic carbocycles. The number of hydrogen-bond acceptors (Lipinski definition) is 8. The first-order chi connectivity index (χ1) is 18.4. The molecule has 0 saturated heterocycles. The molecule has 1 aliphatic rings. The third kappa shape index (κ3) is 4.57. The number of fused-ring (bicyclic) bond motifs is 4. The highest BCUT2D eigenvalue weighted by molar-refractivity contribution is 7.22. The van der Waals surface area contributed by atoms with E-state index < -0.39 is 18.0 Å². The number of rotatable bonds is 5. The van der Waals surface area contributed by atoms with E-state index in [-0.39, 0.29) is 12.3 Å². The van der Waals surface area contributed by atoms with Crippen LogP contribution < -0.4 is 19.5 Å². The molecule has 1 N–H and O–H groups in total. The highest BCUT2D eigenvalue weighted by Gasteiger charge is 2.30. The van der Waals surface area contributed by atoms with Crippen LogP contribution in [0.3, 0.4) is 0 Å². The van der Waals surface area contributed by atoms with Gasteiger partial charge in [-0.05, 0) is 48.9 Å². The van der Waals surface area contributed by atoms with Crippen LogP contribution >= 0.6 is 22.9 Å². The van der Waals surface area contributed by atoms with Crippen molar-refractivity contribution >= 4 is 50.3 Å².